The highest BCUT2D eigenvalue weighted by molar-refractivity contribution is 7.89. The quantitative estimate of drug-likeness (QED) is 0.845. The lowest BCUT2D eigenvalue weighted by molar-refractivity contribution is -0.117. The Kier molecular flexibility index (Phi) is 5.29. The highest BCUT2D eigenvalue weighted by Crippen LogP contribution is 2.23. The lowest BCUT2D eigenvalue weighted by atomic mass is 10.2. The first-order valence-electron chi connectivity index (χ1n) is 8.54. The van der Waals surface area contributed by atoms with Gasteiger partial charge in [-0.3, -0.25) is 4.79 Å². The fourth-order valence-corrected chi connectivity index (χ4v) is 3.88. The molecule has 1 fully saturated rings. The highest BCUT2D eigenvalue weighted by atomic mass is 32.2. The Morgan fingerprint density at radius 3 is 2.46 bits per heavy atom. The number of benzene rings is 2. The second kappa shape index (κ2) is 7.47. The van der Waals surface area contributed by atoms with Crippen molar-refractivity contribution in [2.24, 2.45) is 0 Å². The zero-order valence-electron chi connectivity index (χ0n) is 15.0. The van der Waals surface area contributed by atoms with Crippen molar-refractivity contribution >= 4 is 27.3 Å². The number of amides is 1. The minimum absolute atomic E-state index is 0.171. The molecule has 0 radical (unpaired) electrons. The van der Waals surface area contributed by atoms with Crippen molar-refractivity contribution in [2.45, 2.75) is 24.3 Å². The lowest BCUT2D eigenvalue weighted by Gasteiger charge is -2.16. The number of sulfonamides is 1. The average molecular weight is 373 g/mol. The summed E-state index contributed by atoms with van der Waals surface area (Å²) in [5.74, 6) is 0.171. The number of carbonyl (C=O) groups excluding carboxylic acids is 1. The van der Waals surface area contributed by atoms with E-state index < -0.39 is 10.0 Å². The minimum atomic E-state index is -3.43. The van der Waals surface area contributed by atoms with E-state index in [2.05, 4.69) is 5.32 Å². The van der Waals surface area contributed by atoms with Crippen LogP contribution in [0.25, 0.3) is 0 Å². The molecule has 0 atom stereocenters. The fraction of sp³-hybridized carbons (Fsp3) is 0.316. The van der Waals surface area contributed by atoms with E-state index in [4.69, 9.17) is 0 Å². The van der Waals surface area contributed by atoms with Gasteiger partial charge in [0.05, 0.1) is 4.90 Å². The van der Waals surface area contributed by atoms with E-state index in [9.17, 15) is 13.2 Å². The second-order valence-electron chi connectivity index (χ2n) is 6.48. The van der Waals surface area contributed by atoms with Gasteiger partial charge in [-0.2, -0.15) is 0 Å². The van der Waals surface area contributed by atoms with Gasteiger partial charge in [0.15, 0.2) is 0 Å². The van der Waals surface area contributed by atoms with Crippen molar-refractivity contribution < 1.29 is 13.2 Å². The summed E-state index contributed by atoms with van der Waals surface area (Å²) in [7, 11) is -0.393. The van der Waals surface area contributed by atoms with Crippen LogP contribution in [0.1, 0.15) is 18.4 Å². The number of hydrogen-bond donors (Lipinski definition) is 1. The second-order valence-corrected chi connectivity index (χ2v) is 8.64. The van der Waals surface area contributed by atoms with Crippen LogP contribution >= 0.6 is 0 Å². The van der Waals surface area contributed by atoms with Crippen molar-refractivity contribution in [3.8, 4) is 0 Å². The third-order valence-corrected chi connectivity index (χ3v) is 6.24. The Hall–Kier alpha value is -2.38. The molecule has 3 rings (SSSR count). The fourth-order valence-electron chi connectivity index (χ4n) is 2.91. The molecule has 138 valence electrons. The standard InChI is InChI=1S/C19H23N3O3S/c1-21(2)26(24,25)18-6-3-5-15(13-18)14-20-16-8-10-17(11-9-16)22-12-4-7-19(22)23/h3,5-6,8-11,13,20H,4,7,12,14H2,1-2H3. The summed E-state index contributed by atoms with van der Waals surface area (Å²) in [6.07, 6.45) is 1.53. The van der Waals surface area contributed by atoms with Crippen LogP contribution in [-0.4, -0.2) is 39.3 Å². The first kappa shape index (κ1) is 18.4. The van der Waals surface area contributed by atoms with Gasteiger partial charge >= 0.3 is 0 Å². The van der Waals surface area contributed by atoms with E-state index in [1.165, 1.54) is 18.4 Å². The van der Waals surface area contributed by atoms with E-state index in [1.54, 1.807) is 23.1 Å². The van der Waals surface area contributed by atoms with Crippen LogP contribution in [0.5, 0.6) is 0 Å². The van der Waals surface area contributed by atoms with Gasteiger partial charge in [0, 0.05) is 45.0 Å². The molecule has 1 N–H and O–H groups in total. The Morgan fingerprint density at radius 2 is 1.85 bits per heavy atom. The molecule has 6 nitrogen and oxygen atoms in total. The molecule has 26 heavy (non-hydrogen) atoms. The SMILES string of the molecule is CN(C)S(=O)(=O)c1cccc(CNc2ccc(N3CCCC3=O)cc2)c1. The normalized spacial score (nSPS) is 14.9. The van der Waals surface area contributed by atoms with Gasteiger partial charge in [-0.15, -0.1) is 0 Å². The molecule has 0 unspecified atom stereocenters. The van der Waals surface area contributed by atoms with Crippen LogP contribution in [0.2, 0.25) is 0 Å². The molecule has 1 amide bonds. The lowest BCUT2D eigenvalue weighted by Crippen LogP contribution is -2.23. The van der Waals surface area contributed by atoms with Gasteiger partial charge in [-0.1, -0.05) is 12.1 Å². The molecule has 7 heteroatoms. The van der Waals surface area contributed by atoms with Gasteiger partial charge in [0.2, 0.25) is 15.9 Å². The first-order chi connectivity index (χ1) is 12.4. The third-order valence-electron chi connectivity index (χ3n) is 4.43. The van der Waals surface area contributed by atoms with Gasteiger partial charge in [0.25, 0.3) is 0 Å². The Bertz CT molecular complexity index is 893. The topological polar surface area (TPSA) is 69.7 Å². The largest absolute Gasteiger partial charge is 0.381 e. The minimum Gasteiger partial charge on any atom is -0.381 e. The summed E-state index contributed by atoms with van der Waals surface area (Å²) in [5.41, 5.74) is 2.71. The number of anilines is 2. The molecule has 1 aliphatic rings. The summed E-state index contributed by atoms with van der Waals surface area (Å²) in [5, 5.41) is 3.29. The summed E-state index contributed by atoms with van der Waals surface area (Å²) >= 11 is 0. The molecule has 2 aromatic carbocycles. The van der Waals surface area contributed by atoms with Crippen molar-refractivity contribution in [3.63, 3.8) is 0 Å². The molecular weight excluding hydrogens is 350 g/mol. The molecule has 0 aromatic heterocycles. The van der Waals surface area contributed by atoms with Gasteiger partial charge in [0.1, 0.15) is 0 Å². The van der Waals surface area contributed by atoms with Crippen LogP contribution in [-0.2, 0) is 21.4 Å². The zero-order valence-corrected chi connectivity index (χ0v) is 15.8. The Labute approximate surface area is 154 Å². The molecule has 1 aliphatic heterocycles. The van der Waals surface area contributed by atoms with Crippen LogP contribution in [0.3, 0.4) is 0 Å². The number of nitrogens with zero attached hydrogens (tertiary/aromatic N) is 2. The van der Waals surface area contributed by atoms with Crippen LogP contribution < -0.4 is 10.2 Å². The maximum absolute atomic E-state index is 12.2. The Morgan fingerprint density at radius 1 is 1.12 bits per heavy atom. The number of nitrogens with one attached hydrogen (secondary N) is 1. The van der Waals surface area contributed by atoms with Gasteiger partial charge in [-0.05, 0) is 48.4 Å². The Balaban J connectivity index is 1.67. The van der Waals surface area contributed by atoms with Crippen molar-refractivity contribution in [3.05, 3.63) is 54.1 Å². The maximum atomic E-state index is 12.2. The molecule has 2 aromatic rings. The number of carbonyl (C=O) groups is 1. The van der Waals surface area contributed by atoms with Crippen molar-refractivity contribution in [2.75, 3.05) is 30.9 Å². The van der Waals surface area contributed by atoms with Crippen LogP contribution in [0.4, 0.5) is 11.4 Å². The molecule has 0 spiro atoms. The predicted octanol–water partition coefficient (Wildman–Crippen LogP) is 2.68. The molecule has 1 saturated heterocycles. The molecule has 0 bridgehead atoms. The van der Waals surface area contributed by atoms with Gasteiger partial charge in [-0.25, -0.2) is 12.7 Å². The van der Waals surface area contributed by atoms with Crippen LogP contribution in [0.15, 0.2) is 53.4 Å². The van der Waals surface area contributed by atoms with E-state index in [-0.39, 0.29) is 10.8 Å². The monoisotopic (exact) mass is 373 g/mol. The van der Waals surface area contributed by atoms with E-state index in [0.717, 1.165) is 29.9 Å². The molecular formula is C19H23N3O3S. The smallest absolute Gasteiger partial charge is 0.242 e. The predicted molar refractivity (Wildman–Crippen MR) is 103 cm³/mol. The number of hydrogen-bond acceptors (Lipinski definition) is 4. The van der Waals surface area contributed by atoms with Crippen molar-refractivity contribution in [1.82, 2.24) is 4.31 Å². The first-order valence-corrected chi connectivity index (χ1v) is 9.98. The highest BCUT2D eigenvalue weighted by Gasteiger charge is 2.21. The summed E-state index contributed by atoms with van der Waals surface area (Å²) < 4.78 is 25.6. The maximum Gasteiger partial charge on any atom is 0.242 e. The number of rotatable bonds is 6. The van der Waals surface area contributed by atoms with Crippen LogP contribution in [0, 0.1) is 0 Å². The van der Waals surface area contributed by atoms with E-state index in [1.807, 2.05) is 30.3 Å². The van der Waals surface area contributed by atoms with E-state index in [0.29, 0.717) is 13.0 Å². The van der Waals surface area contributed by atoms with E-state index >= 15 is 0 Å². The third kappa shape index (κ3) is 3.89. The zero-order chi connectivity index (χ0) is 18.7. The summed E-state index contributed by atoms with van der Waals surface area (Å²) in [6.45, 7) is 1.29. The molecule has 0 aliphatic carbocycles. The molecule has 0 saturated carbocycles. The summed E-state index contributed by atoms with van der Waals surface area (Å²) in [4.78, 5) is 13.9. The summed E-state index contributed by atoms with van der Waals surface area (Å²) in [6, 6.07) is 14.6. The van der Waals surface area contributed by atoms with Gasteiger partial charge < -0.3 is 10.2 Å². The molecule has 1 heterocycles. The average Bonchev–Trinajstić information content (AvgIpc) is 3.06. The van der Waals surface area contributed by atoms with Crippen molar-refractivity contribution in [1.29, 1.82) is 0 Å².